The summed E-state index contributed by atoms with van der Waals surface area (Å²) in [6.45, 7) is 2.01. The molecule has 26 heavy (non-hydrogen) atoms. The van der Waals surface area contributed by atoms with Crippen molar-refractivity contribution in [3.8, 4) is 0 Å². The van der Waals surface area contributed by atoms with Crippen LogP contribution in [-0.4, -0.2) is 34.5 Å². The first-order chi connectivity index (χ1) is 12.6. The van der Waals surface area contributed by atoms with Crippen LogP contribution in [0.2, 0.25) is 0 Å². The van der Waals surface area contributed by atoms with Crippen LogP contribution in [0.25, 0.3) is 11.0 Å². The maximum Gasteiger partial charge on any atom is 0.321 e. The van der Waals surface area contributed by atoms with Gasteiger partial charge in [-0.2, -0.15) is 0 Å². The number of fused-ring (bicyclic) bond motifs is 1. The Labute approximate surface area is 150 Å². The fourth-order valence-electron chi connectivity index (χ4n) is 2.78. The van der Waals surface area contributed by atoms with Crippen molar-refractivity contribution in [2.45, 2.75) is 20.0 Å². The molecule has 0 aliphatic carbocycles. The van der Waals surface area contributed by atoms with E-state index in [0.717, 1.165) is 22.2 Å². The number of H-pyrrole nitrogens is 1. The van der Waals surface area contributed by atoms with E-state index in [0.29, 0.717) is 5.52 Å². The number of nitrogens with one attached hydrogen (secondary N) is 1. The number of benzene rings is 2. The number of aromatic amines is 1. The Morgan fingerprint density at radius 1 is 1.12 bits per heavy atom. The van der Waals surface area contributed by atoms with Crippen molar-refractivity contribution >= 4 is 23.0 Å². The largest absolute Gasteiger partial charge is 0.468 e. The first-order valence-corrected chi connectivity index (χ1v) is 8.17. The van der Waals surface area contributed by atoms with Gasteiger partial charge in [0.05, 0.1) is 12.6 Å². The van der Waals surface area contributed by atoms with Crippen LogP contribution < -0.4 is 0 Å². The topological polar surface area (TPSA) is 94.2 Å². The highest BCUT2D eigenvalue weighted by Gasteiger charge is 2.30. The number of carbonyl (C=O) groups excluding carboxylic acids is 2. The van der Waals surface area contributed by atoms with Crippen molar-refractivity contribution in [3.63, 3.8) is 0 Å². The summed E-state index contributed by atoms with van der Waals surface area (Å²) >= 11 is 0. The highest BCUT2D eigenvalue weighted by atomic mass is 16.5. The molecule has 0 bridgehead atoms. The molecule has 0 saturated heterocycles. The van der Waals surface area contributed by atoms with Gasteiger partial charge in [-0.3, -0.25) is 14.7 Å². The molecule has 1 heterocycles. The van der Waals surface area contributed by atoms with Crippen LogP contribution in [0.5, 0.6) is 0 Å². The van der Waals surface area contributed by atoms with Gasteiger partial charge in [0.15, 0.2) is 5.92 Å². The number of methoxy groups -OCH3 is 1. The van der Waals surface area contributed by atoms with Crippen molar-refractivity contribution in [3.05, 3.63) is 59.2 Å². The maximum absolute atomic E-state index is 12.5. The summed E-state index contributed by atoms with van der Waals surface area (Å²) in [6, 6.07) is 13.0. The number of hydrogen-bond acceptors (Lipinski definition) is 6. The minimum absolute atomic E-state index is 0.106. The fraction of sp³-hybridized carbons (Fsp3) is 0.263. The third-order valence-electron chi connectivity index (χ3n) is 4.13. The number of esters is 2. The van der Waals surface area contributed by atoms with E-state index < -0.39 is 17.9 Å². The van der Waals surface area contributed by atoms with Crippen LogP contribution in [0.15, 0.2) is 42.5 Å². The lowest BCUT2D eigenvalue weighted by Crippen LogP contribution is -2.29. The van der Waals surface area contributed by atoms with E-state index in [1.807, 2.05) is 43.3 Å². The van der Waals surface area contributed by atoms with E-state index >= 15 is 0 Å². The lowest BCUT2D eigenvalue weighted by molar-refractivity contribution is -0.161. The predicted octanol–water partition coefficient (Wildman–Crippen LogP) is 2.34. The average molecular weight is 353 g/mol. The lowest BCUT2D eigenvalue weighted by Gasteiger charge is -2.14. The Balaban J connectivity index is 1.76. The molecule has 0 aliphatic heterocycles. The van der Waals surface area contributed by atoms with E-state index in [1.165, 1.54) is 7.11 Å². The summed E-state index contributed by atoms with van der Waals surface area (Å²) in [5, 5.41) is 10.6. The van der Waals surface area contributed by atoms with Crippen LogP contribution >= 0.6 is 0 Å². The SMILES string of the molecule is COC(=O)[C@@H](Cc1cc(C)c2[nH]nnc2c1)C(=O)OCc1ccccc1. The van der Waals surface area contributed by atoms with Gasteiger partial charge < -0.3 is 9.47 Å². The highest BCUT2D eigenvalue weighted by molar-refractivity contribution is 5.95. The number of ether oxygens (including phenoxy) is 2. The predicted molar refractivity (Wildman–Crippen MR) is 94.1 cm³/mol. The number of hydrogen-bond donors (Lipinski definition) is 1. The summed E-state index contributed by atoms with van der Waals surface area (Å²) in [5.41, 5.74) is 4.08. The highest BCUT2D eigenvalue weighted by Crippen LogP contribution is 2.20. The normalized spacial score (nSPS) is 11.9. The van der Waals surface area contributed by atoms with Gasteiger partial charge >= 0.3 is 11.9 Å². The second-order valence-corrected chi connectivity index (χ2v) is 5.99. The molecule has 3 rings (SSSR count). The zero-order valence-corrected chi connectivity index (χ0v) is 14.6. The average Bonchev–Trinajstić information content (AvgIpc) is 3.13. The van der Waals surface area contributed by atoms with Gasteiger partial charge in [0, 0.05) is 0 Å². The Hall–Kier alpha value is -3.22. The van der Waals surface area contributed by atoms with Gasteiger partial charge in [0.1, 0.15) is 12.1 Å². The molecule has 1 aromatic heterocycles. The Bertz CT molecular complexity index is 921. The zero-order chi connectivity index (χ0) is 18.5. The molecule has 0 aliphatic rings. The molecule has 7 nitrogen and oxygen atoms in total. The number of aromatic nitrogens is 3. The molecule has 0 amide bonds. The molecule has 1 atom stereocenters. The summed E-state index contributed by atoms with van der Waals surface area (Å²) in [7, 11) is 1.26. The van der Waals surface area contributed by atoms with Crippen molar-refractivity contribution in [2.24, 2.45) is 5.92 Å². The minimum atomic E-state index is -1.03. The Kier molecular flexibility index (Phi) is 5.26. The van der Waals surface area contributed by atoms with Gasteiger partial charge in [-0.25, -0.2) is 0 Å². The van der Waals surface area contributed by atoms with E-state index in [1.54, 1.807) is 6.07 Å². The molecule has 0 saturated carbocycles. The minimum Gasteiger partial charge on any atom is -0.468 e. The molecule has 0 spiro atoms. The third kappa shape index (κ3) is 3.88. The Morgan fingerprint density at radius 3 is 2.62 bits per heavy atom. The summed E-state index contributed by atoms with van der Waals surface area (Å²) in [6.07, 6.45) is 0.171. The van der Waals surface area contributed by atoms with Crippen LogP contribution in [0.3, 0.4) is 0 Å². The number of aryl methyl sites for hydroxylation is 1. The van der Waals surface area contributed by atoms with E-state index in [2.05, 4.69) is 15.4 Å². The van der Waals surface area contributed by atoms with Crippen LogP contribution in [0, 0.1) is 12.8 Å². The van der Waals surface area contributed by atoms with Crippen LogP contribution in [0.1, 0.15) is 16.7 Å². The van der Waals surface area contributed by atoms with Crippen molar-refractivity contribution < 1.29 is 19.1 Å². The molecular formula is C19H19N3O4. The van der Waals surface area contributed by atoms with E-state index in [4.69, 9.17) is 9.47 Å². The second kappa shape index (κ2) is 7.77. The van der Waals surface area contributed by atoms with Crippen LogP contribution in [-0.2, 0) is 32.1 Å². The number of rotatable bonds is 6. The Morgan fingerprint density at radius 2 is 1.88 bits per heavy atom. The van der Waals surface area contributed by atoms with Crippen molar-refractivity contribution in [1.29, 1.82) is 0 Å². The molecule has 0 radical (unpaired) electrons. The quantitative estimate of drug-likeness (QED) is 0.540. The number of carbonyl (C=O) groups is 2. The molecule has 1 N–H and O–H groups in total. The lowest BCUT2D eigenvalue weighted by atomic mass is 9.97. The summed E-state index contributed by atoms with van der Waals surface area (Å²) in [5.74, 6) is -2.27. The standard InChI is InChI=1S/C19H19N3O4/c1-12-8-14(10-16-17(12)21-22-20-16)9-15(18(23)25-2)19(24)26-11-13-6-4-3-5-7-13/h3-8,10,15H,9,11H2,1-2H3,(H,20,21,22)/t15-/m1/s1. The molecular weight excluding hydrogens is 334 g/mol. The molecule has 0 fully saturated rings. The molecule has 7 heteroatoms. The smallest absolute Gasteiger partial charge is 0.321 e. The van der Waals surface area contributed by atoms with Gasteiger partial charge in [-0.15, -0.1) is 5.10 Å². The van der Waals surface area contributed by atoms with E-state index in [-0.39, 0.29) is 13.0 Å². The van der Waals surface area contributed by atoms with Crippen LogP contribution in [0.4, 0.5) is 0 Å². The summed E-state index contributed by atoms with van der Waals surface area (Å²) < 4.78 is 10.1. The summed E-state index contributed by atoms with van der Waals surface area (Å²) in [4.78, 5) is 24.6. The monoisotopic (exact) mass is 353 g/mol. The zero-order valence-electron chi connectivity index (χ0n) is 14.6. The van der Waals surface area contributed by atoms with E-state index in [9.17, 15) is 9.59 Å². The maximum atomic E-state index is 12.5. The number of nitrogens with zero attached hydrogens (tertiary/aromatic N) is 2. The van der Waals surface area contributed by atoms with Gasteiger partial charge in [-0.05, 0) is 36.1 Å². The molecule has 3 aromatic rings. The van der Waals surface area contributed by atoms with Crippen molar-refractivity contribution in [1.82, 2.24) is 15.4 Å². The molecule has 134 valence electrons. The van der Waals surface area contributed by atoms with Gasteiger partial charge in [0.25, 0.3) is 0 Å². The second-order valence-electron chi connectivity index (χ2n) is 5.99. The first kappa shape index (κ1) is 17.6. The third-order valence-corrected chi connectivity index (χ3v) is 4.13. The first-order valence-electron chi connectivity index (χ1n) is 8.17. The molecule has 0 unspecified atom stereocenters. The van der Waals surface area contributed by atoms with Gasteiger partial charge in [-0.1, -0.05) is 41.6 Å². The van der Waals surface area contributed by atoms with Crippen molar-refractivity contribution in [2.75, 3.05) is 7.11 Å². The van der Waals surface area contributed by atoms with Gasteiger partial charge in [0.2, 0.25) is 0 Å². The molecule has 2 aromatic carbocycles. The fourth-order valence-corrected chi connectivity index (χ4v) is 2.78.